The highest BCUT2D eigenvalue weighted by Crippen LogP contribution is 2.29. The molecule has 0 amide bonds. The fraction of sp³-hybridized carbons (Fsp3) is 0.538. The molecule has 3 nitrogen and oxygen atoms in total. The van der Waals surface area contributed by atoms with Crippen LogP contribution in [0, 0.1) is 0 Å². The minimum Gasteiger partial charge on any atom is -0.491 e. The van der Waals surface area contributed by atoms with Gasteiger partial charge in [0.1, 0.15) is 12.4 Å². The third-order valence-electron chi connectivity index (χ3n) is 2.56. The van der Waals surface area contributed by atoms with Crippen molar-refractivity contribution in [1.29, 1.82) is 0 Å². The zero-order chi connectivity index (χ0) is 12.0. The number of rotatable bonds is 5. The zero-order valence-electron chi connectivity index (χ0n) is 9.99. The van der Waals surface area contributed by atoms with Crippen LogP contribution in [0.2, 0.25) is 0 Å². The molecule has 0 atom stereocenters. The molecule has 0 bridgehead atoms. The van der Waals surface area contributed by atoms with E-state index in [-0.39, 0.29) is 13.2 Å². The van der Waals surface area contributed by atoms with E-state index in [9.17, 15) is 0 Å². The molecule has 0 heterocycles. The van der Waals surface area contributed by atoms with E-state index >= 15 is 0 Å². The van der Waals surface area contributed by atoms with Gasteiger partial charge in [0.05, 0.1) is 6.61 Å². The molecule has 0 aromatic heterocycles. The van der Waals surface area contributed by atoms with Crippen molar-refractivity contribution in [2.45, 2.75) is 26.7 Å². The molecule has 0 saturated heterocycles. The summed E-state index contributed by atoms with van der Waals surface area (Å²) in [7, 11) is 0. The Balaban J connectivity index is 2.81. The average molecular weight is 224 g/mol. The van der Waals surface area contributed by atoms with E-state index in [0.717, 1.165) is 12.2 Å². The van der Waals surface area contributed by atoms with E-state index in [0.29, 0.717) is 13.0 Å². The lowest BCUT2D eigenvalue weighted by atomic mass is 9.93. The lowest BCUT2D eigenvalue weighted by Gasteiger charge is -2.20. The molecule has 0 aromatic carbocycles. The van der Waals surface area contributed by atoms with Crippen molar-refractivity contribution in [2.24, 2.45) is 0 Å². The summed E-state index contributed by atoms with van der Waals surface area (Å²) in [6.45, 7) is 4.63. The van der Waals surface area contributed by atoms with Crippen molar-refractivity contribution in [3.05, 3.63) is 34.6 Å². The number of hydrogen-bond donors (Lipinski definition) is 2. The summed E-state index contributed by atoms with van der Waals surface area (Å²) < 4.78 is 5.48. The maximum absolute atomic E-state index is 8.91. The molecule has 16 heavy (non-hydrogen) atoms. The Labute approximate surface area is 96.7 Å². The third-order valence-corrected chi connectivity index (χ3v) is 2.56. The van der Waals surface area contributed by atoms with Gasteiger partial charge in [-0.3, -0.25) is 0 Å². The van der Waals surface area contributed by atoms with Crippen molar-refractivity contribution in [3.63, 3.8) is 0 Å². The van der Waals surface area contributed by atoms with Gasteiger partial charge in [-0.05, 0) is 38.3 Å². The molecular weight excluding hydrogens is 204 g/mol. The van der Waals surface area contributed by atoms with E-state index in [1.807, 2.05) is 26.0 Å². The molecule has 0 unspecified atom stereocenters. The van der Waals surface area contributed by atoms with Crippen molar-refractivity contribution in [3.8, 4) is 0 Å². The van der Waals surface area contributed by atoms with Gasteiger partial charge < -0.3 is 14.9 Å². The molecule has 0 fully saturated rings. The molecule has 1 aliphatic carbocycles. The van der Waals surface area contributed by atoms with Gasteiger partial charge in [-0.25, -0.2) is 0 Å². The van der Waals surface area contributed by atoms with Crippen LogP contribution in [0.15, 0.2) is 34.6 Å². The van der Waals surface area contributed by atoms with Gasteiger partial charge in [0, 0.05) is 6.61 Å². The fourth-order valence-corrected chi connectivity index (χ4v) is 1.70. The normalized spacial score (nSPS) is 15.6. The Hall–Kier alpha value is -1.06. The highest BCUT2D eigenvalue weighted by molar-refractivity contribution is 5.41. The van der Waals surface area contributed by atoms with Crippen molar-refractivity contribution >= 4 is 0 Å². The predicted octanol–water partition coefficient (Wildman–Crippen LogP) is 1.93. The molecule has 0 saturated carbocycles. The van der Waals surface area contributed by atoms with Crippen molar-refractivity contribution in [2.75, 3.05) is 19.8 Å². The van der Waals surface area contributed by atoms with Crippen LogP contribution >= 0.6 is 0 Å². The molecule has 1 rings (SSSR count). The lowest BCUT2D eigenvalue weighted by Crippen LogP contribution is -2.07. The minimum atomic E-state index is 0.0284. The summed E-state index contributed by atoms with van der Waals surface area (Å²) in [5.74, 6) is 0.843. The molecule has 0 aromatic rings. The molecule has 0 radical (unpaired) electrons. The number of ether oxygens (including phenoxy) is 1. The second-order valence-corrected chi connectivity index (χ2v) is 4.06. The Morgan fingerprint density at radius 2 is 2.00 bits per heavy atom. The van der Waals surface area contributed by atoms with Crippen LogP contribution < -0.4 is 0 Å². The summed E-state index contributed by atoms with van der Waals surface area (Å²) in [5, 5.41) is 17.7. The summed E-state index contributed by atoms with van der Waals surface area (Å²) in [6.07, 6.45) is 5.46. The number of allylic oxidation sites excluding steroid dienone is 4. The zero-order valence-corrected chi connectivity index (χ0v) is 9.99. The maximum Gasteiger partial charge on any atom is 0.122 e. The molecule has 90 valence electrons. The standard InChI is InChI=1S/C13H20O3/c1-10(2)12-9-11(5-6-14)3-4-13(12)16-8-7-15/h3-4,14-15H,5-9H2,1-2H3. The second-order valence-electron chi connectivity index (χ2n) is 4.06. The third kappa shape index (κ3) is 3.51. The van der Waals surface area contributed by atoms with E-state index < -0.39 is 0 Å². The van der Waals surface area contributed by atoms with Crippen LogP contribution in [-0.4, -0.2) is 30.0 Å². The Bertz CT molecular complexity index is 320. The van der Waals surface area contributed by atoms with Gasteiger partial charge in [-0.15, -0.1) is 0 Å². The summed E-state index contributed by atoms with van der Waals surface area (Å²) in [4.78, 5) is 0. The van der Waals surface area contributed by atoms with Gasteiger partial charge >= 0.3 is 0 Å². The first kappa shape index (κ1) is 13.0. The molecule has 0 aliphatic heterocycles. The first-order valence-electron chi connectivity index (χ1n) is 5.60. The first-order valence-corrected chi connectivity index (χ1v) is 5.60. The van der Waals surface area contributed by atoms with Crippen molar-refractivity contribution < 1.29 is 14.9 Å². The van der Waals surface area contributed by atoms with Gasteiger partial charge in [0.25, 0.3) is 0 Å². The van der Waals surface area contributed by atoms with E-state index in [1.165, 1.54) is 16.7 Å². The fourth-order valence-electron chi connectivity index (χ4n) is 1.70. The maximum atomic E-state index is 8.91. The first-order chi connectivity index (χ1) is 7.69. The molecule has 2 N–H and O–H groups in total. The Morgan fingerprint density at radius 3 is 2.56 bits per heavy atom. The van der Waals surface area contributed by atoms with Crippen LogP contribution in [0.3, 0.4) is 0 Å². The second kappa shape index (κ2) is 6.51. The average Bonchev–Trinajstić information content (AvgIpc) is 2.27. The monoisotopic (exact) mass is 224 g/mol. The number of aliphatic hydroxyl groups is 2. The summed E-state index contributed by atoms with van der Waals surface area (Å²) in [6, 6.07) is 0. The van der Waals surface area contributed by atoms with Gasteiger partial charge in [0.15, 0.2) is 0 Å². The summed E-state index contributed by atoms with van der Waals surface area (Å²) in [5.41, 5.74) is 3.60. The van der Waals surface area contributed by atoms with Crippen LogP contribution in [0.5, 0.6) is 0 Å². The van der Waals surface area contributed by atoms with Crippen LogP contribution in [0.4, 0.5) is 0 Å². The summed E-state index contributed by atoms with van der Waals surface area (Å²) >= 11 is 0. The van der Waals surface area contributed by atoms with E-state index in [1.54, 1.807) is 0 Å². The van der Waals surface area contributed by atoms with E-state index in [4.69, 9.17) is 14.9 Å². The van der Waals surface area contributed by atoms with Crippen LogP contribution in [0.1, 0.15) is 26.7 Å². The SMILES string of the molecule is CC(C)=C1CC(CCO)=CC=C1OCCO. The quantitative estimate of drug-likeness (QED) is 0.750. The van der Waals surface area contributed by atoms with Crippen LogP contribution in [0.25, 0.3) is 0 Å². The van der Waals surface area contributed by atoms with Crippen LogP contribution in [-0.2, 0) is 4.74 Å². The lowest BCUT2D eigenvalue weighted by molar-refractivity contribution is 0.148. The van der Waals surface area contributed by atoms with E-state index in [2.05, 4.69) is 0 Å². The molecule has 0 spiro atoms. The molecule has 3 heteroatoms. The van der Waals surface area contributed by atoms with Gasteiger partial charge in [-0.2, -0.15) is 0 Å². The Kier molecular flexibility index (Phi) is 5.29. The van der Waals surface area contributed by atoms with Gasteiger partial charge in [-0.1, -0.05) is 17.2 Å². The number of hydrogen-bond acceptors (Lipinski definition) is 3. The predicted molar refractivity (Wildman–Crippen MR) is 63.9 cm³/mol. The molecule has 1 aliphatic rings. The number of aliphatic hydroxyl groups excluding tert-OH is 2. The highest BCUT2D eigenvalue weighted by atomic mass is 16.5. The smallest absolute Gasteiger partial charge is 0.122 e. The van der Waals surface area contributed by atoms with Gasteiger partial charge in [0.2, 0.25) is 0 Å². The highest BCUT2D eigenvalue weighted by Gasteiger charge is 2.14. The largest absolute Gasteiger partial charge is 0.491 e. The minimum absolute atomic E-state index is 0.0284. The Morgan fingerprint density at radius 1 is 1.25 bits per heavy atom. The van der Waals surface area contributed by atoms with Crippen molar-refractivity contribution in [1.82, 2.24) is 0 Å². The topological polar surface area (TPSA) is 49.7 Å². The molecular formula is C13H20O3.